The summed E-state index contributed by atoms with van der Waals surface area (Å²) in [5.41, 5.74) is 0.407. The van der Waals surface area contributed by atoms with E-state index in [1.807, 2.05) is 0 Å². The normalized spacial score (nSPS) is 11.6. The number of carbonyl (C=O) groups excluding carboxylic acids is 1. The van der Waals surface area contributed by atoms with Crippen molar-refractivity contribution in [3.63, 3.8) is 0 Å². The lowest BCUT2D eigenvalue weighted by Crippen LogP contribution is -2.31. The van der Waals surface area contributed by atoms with Crippen LogP contribution in [0.3, 0.4) is 0 Å². The average molecular weight is 207 g/mol. The van der Waals surface area contributed by atoms with Crippen molar-refractivity contribution < 1.29 is 15.2 Å². The summed E-state index contributed by atoms with van der Waals surface area (Å²) >= 11 is 0. The van der Waals surface area contributed by atoms with E-state index in [4.69, 9.17) is 10.4 Å². The largest absolute Gasteiger partial charge is 0.411 e. The van der Waals surface area contributed by atoms with Gasteiger partial charge in [0.2, 0.25) is 0 Å². The minimum Gasteiger partial charge on any atom is -0.411 e. The maximum absolute atomic E-state index is 11.4. The van der Waals surface area contributed by atoms with Gasteiger partial charge in [-0.3, -0.25) is 4.79 Å². The van der Waals surface area contributed by atoms with Gasteiger partial charge in [-0.05, 0) is 12.1 Å². The van der Waals surface area contributed by atoms with Crippen molar-refractivity contribution in [2.24, 2.45) is 10.3 Å². The number of rotatable bonds is 2. The Bertz CT molecular complexity index is 387. The molecule has 3 N–H and O–H groups in total. The first-order chi connectivity index (χ1) is 7.27. The quantitative estimate of drug-likeness (QED) is 0.288. The van der Waals surface area contributed by atoms with Crippen molar-refractivity contribution >= 4 is 18.0 Å². The van der Waals surface area contributed by atoms with Gasteiger partial charge >= 0.3 is 0 Å². The molecule has 15 heavy (non-hydrogen) atoms. The van der Waals surface area contributed by atoms with E-state index in [9.17, 15) is 4.79 Å². The van der Waals surface area contributed by atoms with Crippen molar-refractivity contribution in [3.8, 4) is 0 Å². The fraction of sp³-hybridized carbons (Fsp3) is 0. The van der Waals surface area contributed by atoms with Crippen molar-refractivity contribution in [2.45, 2.75) is 0 Å². The zero-order chi connectivity index (χ0) is 11.1. The first-order valence-electron chi connectivity index (χ1n) is 4.04. The fourth-order valence-corrected chi connectivity index (χ4v) is 0.916. The third-order valence-corrected chi connectivity index (χ3v) is 1.57. The van der Waals surface area contributed by atoms with Crippen LogP contribution in [0.4, 0.5) is 0 Å². The number of hydrogen-bond donors (Lipinski definition) is 3. The van der Waals surface area contributed by atoms with Gasteiger partial charge < -0.3 is 15.7 Å². The van der Waals surface area contributed by atoms with Gasteiger partial charge in [-0.25, -0.2) is 0 Å². The molecular formula is C9H9N3O3. The molecule has 0 unspecified atom stereocenters. The van der Waals surface area contributed by atoms with Crippen molar-refractivity contribution in [2.75, 3.05) is 0 Å². The van der Waals surface area contributed by atoms with E-state index in [0.29, 0.717) is 5.56 Å². The third kappa shape index (κ3) is 3.11. The first kappa shape index (κ1) is 10.7. The number of amides is 1. The Hall–Kier alpha value is -2.37. The predicted molar refractivity (Wildman–Crippen MR) is 53.4 cm³/mol. The molecule has 0 aromatic heterocycles. The van der Waals surface area contributed by atoms with E-state index in [2.05, 4.69) is 15.6 Å². The van der Waals surface area contributed by atoms with Gasteiger partial charge in [-0.2, -0.15) is 0 Å². The third-order valence-electron chi connectivity index (χ3n) is 1.57. The van der Waals surface area contributed by atoms with Crippen molar-refractivity contribution in [1.29, 1.82) is 0 Å². The molecule has 1 aromatic carbocycles. The van der Waals surface area contributed by atoms with Gasteiger partial charge in [0.05, 0.1) is 0 Å². The van der Waals surface area contributed by atoms with Crippen LogP contribution >= 0.6 is 0 Å². The first-order valence-corrected chi connectivity index (χ1v) is 4.04. The van der Waals surface area contributed by atoms with Crippen molar-refractivity contribution in [1.82, 2.24) is 5.32 Å². The number of benzene rings is 1. The second-order valence-electron chi connectivity index (χ2n) is 2.55. The molecule has 0 aliphatic heterocycles. The van der Waals surface area contributed by atoms with Crippen LogP contribution in [0.15, 0.2) is 40.6 Å². The van der Waals surface area contributed by atoms with E-state index in [-0.39, 0.29) is 5.84 Å². The SMILES string of the molecule is O=C(NC(C=NO)=NO)c1ccccc1. The molecule has 0 fully saturated rings. The summed E-state index contributed by atoms with van der Waals surface area (Å²) in [7, 11) is 0. The lowest BCUT2D eigenvalue weighted by Gasteiger charge is -2.01. The Kier molecular flexibility index (Phi) is 3.84. The molecule has 0 aliphatic rings. The summed E-state index contributed by atoms with van der Waals surface area (Å²) in [5.74, 6) is -0.699. The van der Waals surface area contributed by atoms with Crippen LogP contribution in [-0.4, -0.2) is 28.4 Å². The number of nitrogens with one attached hydrogen (secondary N) is 1. The lowest BCUT2D eigenvalue weighted by atomic mass is 10.2. The number of oxime groups is 2. The molecule has 0 aliphatic carbocycles. The summed E-state index contributed by atoms with van der Waals surface area (Å²) in [5, 5.41) is 24.2. The lowest BCUT2D eigenvalue weighted by molar-refractivity contribution is 0.0976. The molecule has 6 nitrogen and oxygen atoms in total. The second kappa shape index (κ2) is 5.38. The zero-order valence-electron chi connectivity index (χ0n) is 7.66. The number of carbonyl (C=O) groups is 1. The molecule has 0 radical (unpaired) electrons. The summed E-state index contributed by atoms with van der Waals surface area (Å²) in [6.07, 6.45) is 0.806. The van der Waals surface area contributed by atoms with Gasteiger partial charge in [-0.15, -0.1) is 0 Å². The summed E-state index contributed by atoms with van der Waals surface area (Å²) < 4.78 is 0. The zero-order valence-corrected chi connectivity index (χ0v) is 7.66. The maximum Gasteiger partial charge on any atom is 0.256 e. The highest BCUT2D eigenvalue weighted by atomic mass is 16.4. The standard InChI is InChI=1S/C9H9N3O3/c13-9(7-4-2-1-3-5-7)11-8(12-15)6-10-14/h1-6,14-15H,(H,11,12,13). The maximum atomic E-state index is 11.4. The van der Waals surface area contributed by atoms with Gasteiger partial charge in [0, 0.05) is 5.56 Å². The van der Waals surface area contributed by atoms with Crippen LogP contribution < -0.4 is 5.32 Å². The van der Waals surface area contributed by atoms with Crippen molar-refractivity contribution in [3.05, 3.63) is 35.9 Å². The monoisotopic (exact) mass is 207 g/mol. The predicted octanol–water partition coefficient (Wildman–Crippen LogP) is 0.664. The van der Waals surface area contributed by atoms with E-state index >= 15 is 0 Å². The molecule has 1 rings (SSSR count). The van der Waals surface area contributed by atoms with Crippen LogP contribution in [0.2, 0.25) is 0 Å². The topological polar surface area (TPSA) is 94.3 Å². The number of amidine groups is 1. The highest BCUT2D eigenvalue weighted by Crippen LogP contribution is 1.97. The molecule has 0 heterocycles. The van der Waals surface area contributed by atoms with E-state index in [0.717, 1.165) is 6.21 Å². The van der Waals surface area contributed by atoms with Gasteiger partial charge in [0.1, 0.15) is 6.21 Å². The Morgan fingerprint density at radius 1 is 1.27 bits per heavy atom. The molecule has 1 aromatic rings. The van der Waals surface area contributed by atoms with E-state index in [1.54, 1.807) is 30.3 Å². The molecule has 0 spiro atoms. The van der Waals surface area contributed by atoms with Gasteiger partial charge in [0.25, 0.3) is 5.91 Å². The van der Waals surface area contributed by atoms with Crippen LogP contribution in [-0.2, 0) is 0 Å². The number of nitrogens with zero attached hydrogens (tertiary/aromatic N) is 2. The van der Waals surface area contributed by atoms with Gasteiger partial charge in [-0.1, -0.05) is 28.5 Å². The molecule has 1 amide bonds. The minimum absolute atomic E-state index is 0.244. The van der Waals surface area contributed by atoms with Crippen LogP contribution in [0.5, 0.6) is 0 Å². The Balaban J connectivity index is 2.72. The second-order valence-corrected chi connectivity index (χ2v) is 2.55. The molecule has 0 saturated heterocycles. The van der Waals surface area contributed by atoms with Crippen LogP contribution in [0, 0.1) is 0 Å². The van der Waals surface area contributed by atoms with Gasteiger partial charge in [0.15, 0.2) is 5.84 Å². The molecule has 0 bridgehead atoms. The Morgan fingerprint density at radius 3 is 2.47 bits per heavy atom. The van der Waals surface area contributed by atoms with Crippen LogP contribution in [0.25, 0.3) is 0 Å². The summed E-state index contributed by atoms with van der Waals surface area (Å²) in [4.78, 5) is 11.4. The minimum atomic E-state index is -0.455. The summed E-state index contributed by atoms with van der Waals surface area (Å²) in [6, 6.07) is 8.36. The highest BCUT2D eigenvalue weighted by Gasteiger charge is 2.06. The molecule has 0 atom stereocenters. The Labute approximate surface area is 85.5 Å². The fourth-order valence-electron chi connectivity index (χ4n) is 0.916. The average Bonchev–Trinajstić information content (AvgIpc) is 2.29. The summed E-state index contributed by atoms with van der Waals surface area (Å²) in [6.45, 7) is 0. The highest BCUT2D eigenvalue weighted by molar-refractivity contribution is 6.33. The molecule has 0 saturated carbocycles. The van der Waals surface area contributed by atoms with E-state index < -0.39 is 5.91 Å². The molecule has 6 heteroatoms. The molecular weight excluding hydrogens is 198 g/mol. The number of hydrogen-bond acceptors (Lipinski definition) is 5. The van der Waals surface area contributed by atoms with E-state index in [1.165, 1.54) is 0 Å². The molecule has 78 valence electrons. The smallest absolute Gasteiger partial charge is 0.256 e. The van der Waals surface area contributed by atoms with Crippen LogP contribution in [0.1, 0.15) is 10.4 Å². The Morgan fingerprint density at radius 2 is 1.93 bits per heavy atom.